The fraction of sp³-hybridized carbons (Fsp3) is 0.353. The highest BCUT2D eigenvalue weighted by atomic mass is 35.5. The highest BCUT2D eigenvalue weighted by Gasteiger charge is 2.27. The molecule has 1 atom stereocenters. The van der Waals surface area contributed by atoms with Crippen LogP contribution in [0.2, 0.25) is 5.02 Å². The average molecular weight is 332 g/mol. The van der Waals surface area contributed by atoms with Gasteiger partial charge in [-0.3, -0.25) is 9.59 Å². The Balaban J connectivity index is 1.82. The first-order chi connectivity index (χ1) is 11.0. The number of benzene rings is 1. The minimum atomic E-state index is -0.710. The molecule has 1 aliphatic rings. The smallest absolute Gasteiger partial charge is 0.267 e. The molecule has 1 N–H and O–H groups in total. The molecule has 6 heteroatoms. The molecule has 0 aliphatic heterocycles. The van der Waals surface area contributed by atoms with Gasteiger partial charge in [0.2, 0.25) is 5.91 Å². The minimum Gasteiger partial charge on any atom is -0.323 e. The van der Waals surface area contributed by atoms with Gasteiger partial charge in [-0.15, -0.1) is 0 Å². The van der Waals surface area contributed by atoms with E-state index in [0.29, 0.717) is 16.6 Å². The fourth-order valence-corrected chi connectivity index (χ4v) is 2.67. The normalized spacial score (nSPS) is 15.3. The SMILES string of the molecule is Cc1ccc(NC(=O)C(C)n2nc(C3CC3)ccc2=O)c(Cl)c1. The van der Waals surface area contributed by atoms with E-state index in [1.165, 1.54) is 10.7 Å². The first-order valence-corrected chi connectivity index (χ1v) is 8.00. The van der Waals surface area contributed by atoms with Crippen molar-refractivity contribution in [3.8, 4) is 0 Å². The number of carbonyl (C=O) groups excluding carboxylic acids is 1. The van der Waals surface area contributed by atoms with Gasteiger partial charge in [0.05, 0.1) is 16.4 Å². The molecule has 0 radical (unpaired) electrons. The molecule has 1 amide bonds. The number of anilines is 1. The van der Waals surface area contributed by atoms with Gasteiger partial charge < -0.3 is 5.32 Å². The Hall–Kier alpha value is -2.14. The van der Waals surface area contributed by atoms with Crippen LogP contribution in [0.15, 0.2) is 35.1 Å². The number of hydrogen-bond donors (Lipinski definition) is 1. The van der Waals surface area contributed by atoms with Crippen molar-refractivity contribution >= 4 is 23.2 Å². The van der Waals surface area contributed by atoms with Gasteiger partial charge in [0.1, 0.15) is 6.04 Å². The van der Waals surface area contributed by atoms with Gasteiger partial charge in [-0.1, -0.05) is 17.7 Å². The molecule has 1 aliphatic carbocycles. The van der Waals surface area contributed by atoms with Crippen molar-refractivity contribution < 1.29 is 4.79 Å². The maximum absolute atomic E-state index is 12.4. The van der Waals surface area contributed by atoms with Crippen molar-refractivity contribution in [2.24, 2.45) is 0 Å². The van der Waals surface area contributed by atoms with Crippen LogP contribution < -0.4 is 10.9 Å². The number of aryl methyl sites for hydroxylation is 1. The lowest BCUT2D eigenvalue weighted by Crippen LogP contribution is -2.33. The summed E-state index contributed by atoms with van der Waals surface area (Å²) in [6.45, 7) is 3.58. The van der Waals surface area contributed by atoms with Crippen LogP contribution in [0.4, 0.5) is 5.69 Å². The molecule has 1 saturated carbocycles. The second kappa shape index (κ2) is 6.16. The van der Waals surface area contributed by atoms with E-state index in [-0.39, 0.29) is 11.5 Å². The Morgan fingerprint density at radius 2 is 2.09 bits per heavy atom. The summed E-state index contributed by atoms with van der Waals surface area (Å²) in [7, 11) is 0. The summed E-state index contributed by atoms with van der Waals surface area (Å²) in [5, 5.41) is 7.57. The summed E-state index contributed by atoms with van der Waals surface area (Å²) in [5.74, 6) is 0.0990. The van der Waals surface area contributed by atoms with E-state index in [1.807, 2.05) is 13.0 Å². The van der Waals surface area contributed by atoms with E-state index in [4.69, 9.17) is 11.6 Å². The van der Waals surface area contributed by atoms with Gasteiger partial charge in [0.15, 0.2) is 0 Å². The van der Waals surface area contributed by atoms with Crippen molar-refractivity contribution in [2.75, 3.05) is 5.32 Å². The van der Waals surface area contributed by atoms with Gasteiger partial charge >= 0.3 is 0 Å². The predicted molar refractivity (Wildman–Crippen MR) is 90.0 cm³/mol. The Morgan fingerprint density at radius 3 is 2.74 bits per heavy atom. The fourth-order valence-electron chi connectivity index (χ4n) is 2.38. The van der Waals surface area contributed by atoms with Gasteiger partial charge in [0.25, 0.3) is 5.56 Å². The molecule has 1 aromatic carbocycles. The zero-order valence-corrected chi connectivity index (χ0v) is 13.8. The van der Waals surface area contributed by atoms with Crippen molar-refractivity contribution in [1.82, 2.24) is 9.78 Å². The number of nitrogens with zero attached hydrogens (tertiary/aromatic N) is 2. The lowest BCUT2D eigenvalue weighted by molar-refractivity contribution is -0.119. The molecule has 2 aromatic rings. The molecule has 0 spiro atoms. The van der Waals surface area contributed by atoms with Gasteiger partial charge in [0, 0.05) is 12.0 Å². The topological polar surface area (TPSA) is 64.0 Å². The van der Waals surface area contributed by atoms with Crippen molar-refractivity contribution in [3.63, 3.8) is 0 Å². The Morgan fingerprint density at radius 1 is 1.35 bits per heavy atom. The van der Waals surface area contributed by atoms with Crippen molar-refractivity contribution in [3.05, 3.63) is 57.0 Å². The number of nitrogens with one attached hydrogen (secondary N) is 1. The van der Waals surface area contributed by atoms with Crippen LogP contribution >= 0.6 is 11.6 Å². The number of rotatable bonds is 4. The number of hydrogen-bond acceptors (Lipinski definition) is 3. The van der Waals surface area contributed by atoms with Crippen LogP contribution in [0.5, 0.6) is 0 Å². The lowest BCUT2D eigenvalue weighted by atomic mass is 10.2. The summed E-state index contributed by atoms with van der Waals surface area (Å²) >= 11 is 6.13. The molecule has 1 fully saturated rings. The lowest BCUT2D eigenvalue weighted by Gasteiger charge is -2.15. The molecule has 3 rings (SSSR count). The van der Waals surface area contributed by atoms with E-state index < -0.39 is 6.04 Å². The molecule has 23 heavy (non-hydrogen) atoms. The Bertz CT molecular complexity index is 812. The van der Waals surface area contributed by atoms with Crippen LogP contribution in [0.1, 0.15) is 43.0 Å². The quantitative estimate of drug-likeness (QED) is 0.935. The molecule has 120 valence electrons. The number of carbonyl (C=O) groups is 1. The van der Waals surface area contributed by atoms with Crippen LogP contribution in [0, 0.1) is 6.92 Å². The van der Waals surface area contributed by atoms with E-state index >= 15 is 0 Å². The maximum Gasteiger partial charge on any atom is 0.267 e. The van der Waals surface area contributed by atoms with E-state index in [0.717, 1.165) is 24.1 Å². The first-order valence-electron chi connectivity index (χ1n) is 7.62. The minimum absolute atomic E-state index is 0.285. The molecule has 5 nitrogen and oxygen atoms in total. The third-order valence-corrected chi connectivity index (χ3v) is 4.28. The predicted octanol–water partition coefficient (Wildman–Crippen LogP) is 3.28. The second-order valence-corrected chi connectivity index (χ2v) is 6.37. The maximum atomic E-state index is 12.4. The molecule has 0 saturated heterocycles. The molecular weight excluding hydrogens is 314 g/mol. The van der Waals surface area contributed by atoms with Gasteiger partial charge in [-0.25, -0.2) is 4.68 Å². The van der Waals surface area contributed by atoms with Crippen molar-refractivity contribution in [2.45, 2.75) is 38.6 Å². The van der Waals surface area contributed by atoms with Crippen LogP contribution in [0.3, 0.4) is 0 Å². The zero-order valence-electron chi connectivity index (χ0n) is 13.0. The molecule has 1 unspecified atom stereocenters. The Labute approximate surface area is 139 Å². The standard InChI is InChI=1S/C17H18ClN3O2/c1-10-3-6-15(13(18)9-10)19-17(23)11(2)21-16(22)8-7-14(20-21)12-4-5-12/h3,6-9,11-12H,4-5H2,1-2H3,(H,19,23). The molecule has 0 bridgehead atoms. The largest absolute Gasteiger partial charge is 0.323 e. The Kier molecular flexibility index (Phi) is 4.22. The third-order valence-electron chi connectivity index (χ3n) is 3.97. The van der Waals surface area contributed by atoms with Crippen LogP contribution in [0.25, 0.3) is 0 Å². The van der Waals surface area contributed by atoms with E-state index in [1.54, 1.807) is 25.1 Å². The van der Waals surface area contributed by atoms with Gasteiger partial charge in [-0.05, 0) is 50.5 Å². The van der Waals surface area contributed by atoms with E-state index in [9.17, 15) is 9.59 Å². The summed E-state index contributed by atoms with van der Waals surface area (Å²) in [6, 6.07) is 7.91. The van der Waals surface area contributed by atoms with E-state index in [2.05, 4.69) is 10.4 Å². The highest BCUT2D eigenvalue weighted by Crippen LogP contribution is 2.38. The number of aromatic nitrogens is 2. The second-order valence-electron chi connectivity index (χ2n) is 5.96. The average Bonchev–Trinajstić information content (AvgIpc) is 3.34. The number of halogens is 1. The van der Waals surface area contributed by atoms with Crippen LogP contribution in [-0.2, 0) is 4.79 Å². The first kappa shape index (κ1) is 15.7. The molecule has 1 aromatic heterocycles. The highest BCUT2D eigenvalue weighted by molar-refractivity contribution is 6.33. The van der Waals surface area contributed by atoms with Gasteiger partial charge in [-0.2, -0.15) is 5.10 Å². The monoisotopic (exact) mass is 331 g/mol. The zero-order chi connectivity index (χ0) is 16.6. The summed E-state index contributed by atoms with van der Waals surface area (Å²) in [5.41, 5.74) is 2.13. The van der Waals surface area contributed by atoms with Crippen molar-refractivity contribution in [1.29, 1.82) is 0 Å². The van der Waals surface area contributed by atoms with Crippen LogP contribution in [-0.4, -0.2) is 15.7 Å². The third kappa shape index (κ3) is 3.45. The summed E-state index contributed by atoms with van der Waals surface area (Å²) in [6.07, 6.45) is 2.18. The molecule has 1 heterocycles. The molecular formula is C17H18ClN3O2. The number of amides is 1. The summed E-state index contributed by atoms with van der Waals surface area (Å²) < 4.78 is 1.24. The summed E-state index contributed by atoms with van der Waals surface area (Å²) in [4.78, 5) is 24.4.